The zero-order valence-corrected chi connectivity index (χ0v) is 13.2. The minimum absolute atomic E-state index is 0.0310. The molecule has 1 rings (SSSR count). The summed E-state index contributed by atoms with van der Waals surface area (Å²) >= 11 is 0. The zero-order chi connectivity index (χ0) is 15.3. The monoisotopic (exact) mass is 319 g/mol. The van der Waals surface area contributed by atoms with Gasteiger partial charge in [-0.1, -0.05) is 13.8 Å². The Morgan fingerprint density at radius 2 is 1.95 bits per heavy atom. The molecule has 1 amide bonds. The smallest absolute Gasteiger partial charge is 0.261 e. The van der Waals surface area contributed by atoms with Crippen LogP contribution >= 0.6 is 10.7 Å². The molecule has 7 heteroatoms. The summed E-state index contributed by atoms with van der Waals surface area (Å²) in [6, 6.07) is 3.97. The summed E-state index contributed by atoms with van der Waals surface area (Å²) in [5.74, 6) is -0.0739. The van der Waals surface area contributed by atoms with E-state index in [9.17, 15) is 13.2 Å². The molecule has 0 fully saturated rings. The maximum atomic E-state index is 12.2. The number of hydrogen-bond acceptors (Lipinski definition) is 4. The number of carbonyl (C=O) groups excluding carboxylic acids is 1. The number of amides is 1. The molecule has 0 radical (unpaired) electrons. The van der Waals surface area contributed by atoms with Crippen molar-refractivity contribution < 1.29 is 17.9 Å². The lowest BCUT2D eigenvalue weighted by Gasteiger charge is -2.16. The van der Waals surface area contributed by atoms with E-state index in [1.165, 1.54) is 25.3 Å². The van der Waals surface area contributed by atoms with Gasteiger partial charge in [0.2, 0.25) is 0 Å². The van der Waals surface area contributed by atoms with Crippen LogP contribution in [0.5, 0.6) is 5.75 Å². The molecule has 0 unspecified atom stereocenters. The first-order valence-electron chi connectivity index (χ1n) is 6.27. The fourth-order valence-electron chi connectivity index (χ4n) is 1.77. The molecular weight excluding hydrogens is 302 g/mol. The SMILES string of the molecule is CCC(CC)NC(=O)c1cc(S(=O)(=O)Cl)ccc1OC. The molecule has 0 aliphatic carbocycles. The number of rotatable bonds is 6. The van der Waals surface area contributed by atoms with Crippen molar-refractivity contribution in [3.05, 3.63) is 23.8 Å². The first-order chi connectivity index (χ1) is 9.33. The van der Waals surface area contributed by atoms with Gasteiger partial charge in [-0.05, 0) is 31.0 Å². The second-order valence-electron chi connectivity index (χ2n) is 4.29. The zero-order valence-electron chi connectivity index (χ0n) is 11.6. The molecule has 0 saturated carbocycles. The lowest BCUT2D eigenvalue weighted by atomic mass is 10.1. The number of benzene rings is 1. The largest absolute Gasteiger partial charge is 0.496 e. The number of hydrogen-bond donors (Lipinski definition) is 1. The minimum Gasteiger partial charge on any atom is -0.496 e. The summed E-state index contributed by atoms with van der Waals surface area (Å²) < 4.78 is 27.8. The third-order valence-corrected chi connectivity index (χ3v) is 4.37. The van der Waals surface area contributed by atoms with Crippen LogP contribution in [-0.2, 0) is 9.05 Å². The Balaban J connectivity index is 3.17. The van der Waals surface area contributed by atoms with Crippen LogP contribution in [0.25, 0.3) is 0 Å². The maximum Gasteiger partial charge on any atom is 0.261 e. The molecule has 20 heavy (non-hydrogen) atoms. The van der Waals surface area contributed by atoms with Crippen molar-refractivity contribution in [2.45, 2.75) is 37.6 Å². The molecule has 0 atom stereocenters. The standard InChI is InChI=1S/C13H18ClNO4S/c1-4-9(5-2)15-13(16)11-8-10(20(14,17)18)6-7-12(11)19-3/h6-9H,4-5H2,1-3H3,(H,15,16). The van der Waals surface area contributed by atoms with Gasteiger partial charge in [-0.2, -0.15) is 0 Å². The first-order valence-corrected chi connectivity index (χ1v) is 8.58. The quantitative estimate of drug-likeness (QED) is 0.818. The van der Waals surface area contributed by atoms with Crippen molar-refractivity contribution in [2.75, 3.05) is 7.11 Å². The van der Waals surface area contributed by atoms with Crippen LogP contribution < -0.4 is 10.1 Å². The fraction of sp³-hybridized carbons (Fsp3) is 0.462. The normalized spacial score (nSPS) is 11.4. The highest BCUT2D eigenvalue weighted by molar-refractivity contribution is 8.13. The fourth-order valence-corrected chi connectivity index (χ4v) is 2.55. The highest BCUT2D eigenvalue weighted by Gasteiger charge is 2.19. The average molecular weight is 320 g/mol. The number of halogens is 1. The number of carbonyl (C=O) groups is 1. The molecule has 1 aromatic rings. The van der Waals surface area contributed by atoms with Gasteiger partial charge in [0.15, 0.2) is 0 Å². The molecule has 1 N–H and O–H groups in total. The van der Waals surface area contributed by atoms with Crippen LogP contribution in [0.1, 0.15) is 37.0 Å². The lowest BCUT2D eigenvalue weighted by molar-refractivity contribution is 0.0931. The van der Waals surface area contributed by atoms with Gasteiger partial charge in [0.25, 0.3) is 15.0 Å². The number of methoxy groups -OCH3 is 1. The van der Waals surface area contributed by atoms with E-state index in [2.05, 4.69) is 5.32 Å². The average Bonchev–Trinajstić information content (AvgIpc) is 2.42. The van der Waals surface area contributed by atoms with Gasteiger partial charge in [-0.15, -0.1) is 0 Å². The lowest BCUT2D eigenvalue weighted by Crippen LogP contribution is -2.34. The van der Waals surface area contributed by atoms with Gasteiger partial charge in [0.05, 0.1) is 17.6 Å². The molecular formula is C13H18ClNO4S. The Morgan fingerprint density at radius 3 is 2.40 bits per heavy atom. The van der Waals surface area contributed by atoms with Crippen molar-refractivity contribution in [3.63, 3.8) is 0 Å². The molecule has 5 nitrogen and oxygen atoms in total. The Kier molecular flexibility index (Phi) is 5.83. The molecule has 1 aromatic carbocycles. The summed E-state index contributed by atoms with van der Waals surface area (Å²) in [6.07, 6.45) is 1.58. The van der Waals surface area contributed by atoms with Crippen LogP contribution in [0.3, 0.4) is 0 Å². The molecule has 0 spiro atoms. The predicted molar refractivity (Wildman–Crippen MR) is 77.9 cm³/mol. The van der Waals surface area contributed by atoms with E-state index in [0.717, 1.165) is 12.8 Å². The summed E-state index contributed by atoms with van der Waals surface area (Å²) in [5, 5.41) is 2.83. The van der Waals surface area contributed by atoms with Gasteiger partial charge in [-0.3, -0.25) is 4.79 Å². The Bertz CT molecular complexity index is 582. The van der Waals surface area contributed by atoms with E-state index < -0.39 is 9.05 Å². The van der Waals surface area contributed by atoms with Gasteiger partial charge >= 0.3 is 0 Å². The second kappa shape index (κ2) is 6.95. The van der Waals surface area contributed by atoms with Gasteiger partial charge in [0, 0.05) is 16.7 Å². The van der Waals surface area contributed by atoms with Crippen molar-refractivity contribution in [2.24, 2.45) is 0 Å². The molecule has 0 bridgehead atoms. The van der Waals surface area contributed by atoms with E-state index in [1.807, 2.05) is 13.8 Å². The Labute approximate surface area is 123 Å². The van der Waals surface area contributed by atoms with Crippen molar-refractivity contribution in [3.8, 4) is 5.75 Å². The Morgan fingerprint density at radius 1 is 1.35 bits per heavy atom. The summed E-state index contributed by atoms with van der Waals surface area (Å²) in [5.41, 5.74) is 0.154. The highest BCUT2D eigenvalue weighted by atomic mass is 35.7. The van der Waals surface area contributed by atoms with Crippen molar-refractivity contribution in [1.29, 1.82) is 0 Å². The third kappa shape index (κ3) is 4.11. The van der Waals surface area contributed by atoms with E-state index in [4.69, 9.17) is 15.4 Å². The number of ether oxygens (including phenoxy) is 1. The van der Waals surface area contributed by atoms with Crippen LogP contribution in [0.4, 0.5) is 0 Å². The summed E-state index contributed by atoms with van der Waals surface area (Å²) in [4.78, 5) is 12.1. The second-order valence-corrected chi connectivity index (χ2v) is 6.85. The van der Waals surface area contributed by atoms with E-state index in [1.54, 1.807) is 0 Å². The highest BCUT2D eigenvalue weighted by Crippen LogP contribution is 2.24. The van der Waals surface area contributed by atoms with Crippen LogP contribution in [0.15, 0.2) is 23.1 Å². The molecule has 0 aliphatic rings. The van der Waals surface area contributed by atoms with Gasteiger partial charge in [0.1, 0.15) is 5.75 Å². The summed E-state index contributed by atoms with van der Waals surface area (Å²) in [7, 11) is 2.82. The van der Waals surface area contributed by atoms with E-state index in [0.29, 0.717) is 5.75 Å². The predicted octanol–water partition coefficient (Wildman–Crippen LogP) is 2.54. The van der Waals surface area contributed by atoms with Crippen molar-refractivity contribution in [1.82, 2.24) is 5.32 Å². The van der Waals surface area contributed by atoms with Crippen LogP contribution in [0.2, 0.25) is 0 Å². The van der Waals surface area contributed by atoms with Crippen LogP contribution in [-0.4, -0.2) is 27.5 Å². The molecule has 0 heterocycles. The topological polar surface area (TPSA) is 72.5 Å². The minimum atomic E-state index is -3.89. The molecule has 0 aromatic heterocycles. The number of nitrogens with one attached hydrogen (secondary N) is 1. The molecule has 0 aliphatic heterocycles. The van der Waals surface area contributed by atoms with Gasteiger partial charge in [-0.25, -0.2) is 8.42 Å². The van der Waals surface area contributed by atoms with Gasteiger partial charge < -0.3 is 10.1 Å². The third-order valence-electron chi connectivity index (χ3n) is 3.02. The van der Waals surface area contributed by atoms with Crippen LogP contribution in [0, 0.1) is 0 Å². The van der Waals surface area contributed by atoms with E-state index >= 15 is 0 Å². The maximum absolute atomic E-state index is 12.2. The molecule has 112 valence electrons. The Hall–Kier alpha value is -1.27. The van der Waals surface area contributed by atoms with E-state index in [-0.39, 0.29) is 22.4 Å². The van der Waals surface area contributed by atoms with Crippen molar-refractivity contribution >= 4 is 25.6 Å². The summed E-state index contributed by atoms with van der Waals surface area (Å²) in [6.45, 7) is 3.93. The first kappa shape index (κ1) is 16.8. The molecule has 0 saturated heterocycles.